The summed E-state index contributed by atoms with van der Waals surface area (Å²) in [6, 6.07) is 16.5. The first-order chi connectivity index (χ1) is 13.0. The van der Waals surface area contributed by atoms with Gasteiger partial charge in [-0.1, -0.05) is 30.3 Å². The first-order valence-electron chi connectivity index (χ1n) is 8.75. The highest BCUT2D eigenvalue weighted by molar-refractivity contribution is 5.94. The highest BCUT2D eigenvalue weighted by atomic mass is 16.3. The van der Waals surface area contributed by atoms with Crippen LogP contribution in [-0.4, -0.2) is 36.4 Å². The molecule has 3 rings (SSSR count). The molecule has 6 heteroatoms. The maximum absolute atomic E-state index is 12.5. The second kappa shape index (κ2) is 8.05. The van der Waals surface area contributed by atoms with Crippen LogP contribution in [0, 0.1) is 6.92 Å². The lowest BCUT2D eigenvalue weighted by Crippen LogP contribution is -2.36. The lowest BCUT2D eigenvalue weighted by molar-refractivity contribution is 0.0937. The number of nitrogens with one attached hydrogen (secondary N) is 2. The van der Waals surface area contributed by atoms with Crippen LogP contribution in [0.5, 0.6) is 0 Å². The lowest BCUT2D eigenvalue weighted by Gasteiger charge is -2.22. The summed E-state index contributed by atoms with van der Waals surface area (Å²) in [5, 5.41) is 2.83. The number of hydrogen-bond donors (Lipinski definition) is 2. The highest BCUT2D eigenvalue weighted by Gasteiger charge is 2.20. The normalized spacial score (nSPS) is 12.1. The molecule has 0 radical (unpaired) electrons. The zero-order valence-corrected chi connectivity index (χ0v) is 15.7. The van der Waals surface area contributed by atoms with Gasteiger partial charge in [0, 0.05) is 12.2 Å². The quantitative estimate of drug-likeness (QED) is 0.704. The fraction of sp³-hybridized carbons (Fsp3) is 0.238. The average molecular weight is 365 g/mol. The molecule has 1 unspecified atom stereocenters. The number of aryl methyl sites for hydroxylation is 1. The minimum atomic E-state index is -0.413. The van der Waals surface area contributed by atoms with Crippen LogP contribution < -0.4 is 10.9 Å². The average Bonchev–Trinajstić information content (AvgIpc) is 3.08. The van der Waals surface area contributed by atoms with Crippen molar-refractivity contribution in [1.82, 2.24) is 15.2 Å². The number of rotatable bonds is 6. The molecular weight excluding hydrogens is 342 g/mol. The van der Waals surface area contributed by atoms with E-state index >= 15 is 0 Å². The maximum Gasteiger partial charge on any atom is 0.261 e. The minimum Gasteiger partial charge on any atom is -0.465 e. The van der Waals surface area contributed by atoms with Gasteiger partial charge in [0.25, 0.3) is 11.5 Å². The van der Waals surface area contributed by atoms with Gasteiger partial charge in [-0.15, -0.1) is 0 Å². The predicted octanol–water partition coefficient (Wildman–Crippen LogP) is 2.98. The topological polar surface area (TPSA) is 78.3 Å². The van der Waals surface area contributed by atoms with Crippen LogP contribution in [0.2, 0.25) is 0 Å². The van der Waals surface area contributed by atoms with Gasteiger partial charge in [0.05, 0.1) is 6.04 Å². The molecule has 1 atom stereocenters. The molecule has 2 aromatic heterocycles. The van der Waals surface area contributed by atoms with E-state index in [1.807, 2.05) is 68.4 Å². The molecule has 27 heavy (non-hydrogen) atoms. The molecule has 1 aromatic carbocycles. The summed E-state index contributed by atoms with van der Waals surface area (Å²) in [5.41, 5.74) is 1.24. The molecule has 0 aliphatic carbocycles. The van der Waals surface area contributed by atoms with Crippen LogP contribution in [0.15, 0.2) is 63.8 Å². The Hall–Kier alpha value is -3.12. The fourth-order valence-corrected chi connectivity index (χ4v) is 2.89. The van der Waals surface area contributed by atoms with Gasteiger partial charge < -0.3 is 14.7 Å². The molecule has 0 aliphatic rings. The van der Waals surface area contributed by atoms with Crippen LogP contribution >= 0.6 is 0 Å². The Morgan fingerprint density at radius 3 is 2.44 bits per heavy atom. The molecule has 3 aromatic rings. The fourth-order valence-electron chi connectivity index (χ4n) is 2.89. The molecule has 140 valence electrons. The van der Waals surface area contributed by atoms with Gasteiger partial charge in [-0.05, 0) is 50.8 Å². The van der Waals surface area contributed by atoms with E-state index in [4.69, 9.17) is 4.42 Å². The third-order valence-electron chi connectivity index (χ3n) is 4.41. The van der Waals surface area contributed by atoms with Gasteiger partial charge >= 0.3 is 0 Å². The lowest BCUT2D eigenvalue weighted by atomic mass is 10.1. The number of carbonyl (C=O) groups excluding carboxylic acids is 1. The third kappa shape index (κ3) is 4.35. The van der Waals surface area contributed by atoms with E-state index in [0.29, 0.717) is 12.2 Å². The van der Waals surface area contributed by atoms with Crippen molar-refractivity contribution in [3.63, 3.8) is 0 Å². The number of hydrogen-bond acceptors (Lipinski definition) is 4. The van der Waals surface area contributed by atoms with Crippen molar-refractivity contribution in [3.05, 3.63) is 82.0 Å². The number of aromatic nitrogens is 1. The molecule has 0 bridgehead atoms. The summed E-state index contributed by atoms with van der Waals surface area (Å²) in [4.78, 5) is 29.6. The summed E-state index contributed by atoms with van der Waals surface area (Å²) < 4.78 is 5.67. The van der Waals surface area contributed by atoms with Crippen molar-refractivity contribution in [2.45, 2.75) is 13.0 Å². The number of furan rings is 1. The van der Waals surface area contributed by atoms with Crippen LogP contribution in [0.3, 0.4) is 0 Å². The van der Waals surface area contributed by atoms with Crippen LogP contribution in [0.1, 0.15) is 27.9 Å². The van der Waals surface area contributed by atoms with Crippen molar-refractivity contribution >= 4 is 5.91 Å². The Morgan fingerprint density at radius 1 is 1.11 bits per heavy atom. The van der Waals surface area contributed by atoms with E-state index in [0.717, 1.165) is 17.1 Å². The van der Waals surface area contributed by atoms with Gasteiger partial charge in [0.2, 0.25) is 0 Å². The molecule has 2 heterocycles. The Labute approximate surface area is 157 Å². The number of amides is 1. The van der Waals surface area contributed by atoms with Crippen molar-refractivity contribution in [2.24, 2.45) is 0 Å². The summed E-state index contributed by atoms with van der Waals surface area (Å²) in [7, 11) is 3.83. The summed E-state index contributed by atoms with van der Waals surface area (Å²) in [6.45, 7) is 2.21. The van der Waals surface area contributed by atoms with E-state index in [1.165, 1.54) is 0 Å². The standard InChI is InChI=1S/C21H23N3O3/c1-14-9-12-19(27-14)18(24(2)3)13-22-20(25)16-10-11-17(23-21(16)26)15-7-5-4-6-8-15/h4-12,18H,13H2,1-3H3,(H,22,25)(H,23,26). The van der Waals surface area contributed by atoms with Crippen molar-refractivity contribution in [3.8, 4) is 11.3 Å². The zero-order chi connectivity index (χ0) is 19.4. The molecule has 0 fully saturated rings. The number of pyridine rings is 1. The highest BCUT2D eigenvalue weighted by Crippen LogP contribution is 2.20. The van der Waals surface area contributed by atoms with Crippen molar-refractivity contribution in [1.29, 1.82) is 0 Å². The summed E-state index contributed by atoms with van der Waals surface area (Å²) >= 11 is 0. The second-order valence-electron chi connectivity index (χ2n) is 6.62. The van der Waals surface area contributed by atoms with E-state index in [1.54, 1.807) is 12.1 Å². The monoisotopic (exact) mass is 365 g/mol. The van der Waals surface area contributed by atoms with Gasteiger partial charge in [0.1, 0.15) is 17.1 Å². The second-order valence-corrected chi connectivity index (χ2v) is 6.62. The number of benzene rings is 1. The van der Waals surface area contributed by atoms with E-state index in [-0.39, 0.29) is 11.6 Å². The van der Waals surface area contributed by atoms with Gasteiger partial charge in [0.15, 0.2) is 0 Å². The minimum absolute atomic E-state index is 0.0859. The van der Waals surface area contributed by atoms with Crippen LogP contribution in [-0.2, 0) is 0 Å². The van der Waals surface area contributed by atoms with Crippen LogP contribution in [0.25, 0.3) is 11.3 Å². The van der Waals surface area contributed by atoms with Gasteiger partial charge in [-0.2, -0.15) is 0 Å². The molecular formula is C21H23N3O3. The molecule has 0 saturated carbocycles. The van der Waals surface area contributed by atoms with Gasteiger partial charge in [-0.3, -0.25) is 14.5 Å². The Morgan fingerprint density at radius 2 is 1.85 bits per heavy atom. The molecule has 2 N–H and O–H groups in total. The van der Waals surface area contributed by atoms with Crippen molar-refractivity contribution in [2.75, 3.05) is 20.6 Å². The van der Waals surface area contributed by atoms with E-state index < -0.39 is 11.5 Å². The molecule has 0 saturated heterocycles. The Bertz CT molecular complexity index is 974. The predicted molar refractivity (Wildman–Crippen MR) is 105 cm³/mol. The Kier molecular flexibility index (Phi) is 5.57. The summed E-state index contributed by atoms with van der Waals surface area (Å²) in [5.74, 6) is 1.17. The number of aromatic amines is 1. The molecule has 1 amide bonds. The van der Waals surface area contributed by atoms with Crippen LogP contribution in [0.4, 0.5) is 0 Å². The maximum atomic E-state index is 12.5. The third-order valence-corrected chi connectivity index (χ3v) is 4.41. The molecule has 0 spiro atoms. The van der Waals surface area contributed by atoms with E-state index in [9.17, 15) is 9.59 Å². The smallest absolute Gasteiger partial charge is 0.261 e. The van der Waals surface area contributed by atoms with E-state index in [2.05, 4.69) is 10.3 Å². The number of likely N-dealkylation sites (N-methyl/N-ethyl adjacent to an activating group) is 1. The first-order valence-corrected chi connectivity index (χ1v) is 8.75. The Balaban J connectivity index is 1.73. The largest absolute Gasteiger partial charge is 0.465 e. The zero-order valence-electron chi connectivity index (χ0n) is 15.7. The number of carbonyl (C=O) groups is 1. The molecule has 0 aliphatic heterocycles. The SMILES string of the molecule is Cc1ccc(C(CNC(=O)c2ccc(-c3ccccc3)[nH]c2=O)N(C)C)o1. The molecule has 6 nitrogen and oxygen atoms in total. The first kappa shape index (κ1) is 18.7. The van der Waals surface area contributed by atoms with Gasteiger partial charge in [-0.25, -0.2) is 0 Å². The van der Waals surface area contributed by atoms with Crippen molar-refractivity contribution < 1.29 is 9.21 Å². The number of nitrogens with zero attached hydrogens (tertiary/aromatic N) is 1. The number of H-pyrrole nitrogens is 1. The summed E-state index contributed by atoms with van der Waals surface area (Å²) in [6.07, 6.45) is 0.